The van der Waals surface area contributed by atoms with Crippen molar-refractivity contribution in [3.63, 3.8) is 0 Å². The van der Waals surface area contributed by atoms with E-state index in [1.807, 2.05) is 0 Å². The van der Waals surface area contributed by atoms with Crippen LogP contribution in [0.1, 0.15) is 44.7 Å². The molecule has 2 aromatic rings. The minimum atomic E-state index is -2.99. The number of rotatable bonds is 5. The maximum absolute atomic E-state index is 13.9. The van der Waals surface area contributed by atoms with Crippen molar-refractivity contribution < 1.29 is 44.7 Å². The van der Waals surface area contributed by atoms with Crippen molar-refractivity contribution in [1.29, 1.82) is 0 Å². The Kier molecular flexibility index (Phi) is 6.96. The summed E-state index contributed by atoms with van der Waals surface area (Å²) in [5.41, 5.74) is 1.59. The van der Waals surface area contributed by atoms with E-state index in [1.54, 1.807) is 43.3 Å². The van der Waals surface area contributed by atoms with Crippen molar-refractivity contribution in [2.45, 2.75) is 37.1 Å². The van der Waals surface area contributed by atoms with Crippen LogP contribution < -0.4 is 11.1 Å². The number of primary amides is 1. The molecule has 0 aromatic heterocycles. The Morgan fingerprint density at radius 1 is 1.05 bits per heavy atom. The van der Waals surface area contributed by atoms with E-state index < -0.39 is 87.3 Å². The highest BCUT2D eigenvalue weighted by atomic mass is 16.4. The zero-order valence-electron chi connectivity index (χ0n) is 23.0. The molecule has 12 heteroatoms. The number of fused-ring (bicyclic) bond motifs is 3. The van der Waals surface area contributed by atoms with Crippen LogP contribution in [0.3, 0.4) is 0 Å². The van der Waals surface area contributed by atoms with Crippen LogP contribution in [-0.4, -0.2) is 85.7 Å². The minimum absolute atomic E-state index is 0.146. The Bertz CT molecular complexity index is 1600. The van der Waals surface area contributed by atoms with Crippen molar-refractivity contribution >= 4 is 23.4 Å². The second-order valence-electron chi connectivity index (χ2n) is 11.1. The molecule has 0 bridgehead atoms. The van der Waals surface area contributed by atoms with Crippen LogP contribution in [0.5, 0.6) is 5.75 Å². The van der Waals surface area contributed by atoms with Crippen molar-refractivity contribution in [3.05, 3.63) is 87.4 Å². The van der Waals surface area contributed by atoms with Gasteiger partial charge in [0.1, 0.15) is 22.8 Å². The average Bonchev–Trinajstić information content (AvgIpc) is 2.94. The summed E-state index contributed by atoms with van der Waals surface area (Å²) in [5, 5.41) is 59.6. The molecular formula is C30H31N3O9. The van der Waals surface area contributed by atoms with E-state index in [0.29, 0.717) is 11.1 Å². The Hall–Kier alpha value is -4.52. The number of phenolic OH excluding ortho intramolecular Hbond substituents is 1. The SMILES string of the molecule is C[C@@H]1c2ccc(CNC(=O)c3ccccc3)c(O)c2C(=O)C2=C(O)[C@@]3(O)C(=O)C(C(N)=O)=C(O)[C@H](N(C)C)[C@H]3[C@H](O)[C@H]21. The summed E-state index contributed by atoms with van der Waals surface area (Å²) >= 11 is 0. The van der Waals surface area contributed by atoms with Gasteiger partial charge in [-0.2, -0.15) is 0 Å². The van der Waals surface area contributed by atoms with Crippen LogP contribution in [0.2, 0.25) is 0 Å². The molecule has 0 fully saturated rings. The van der Waals surface area contributed by atoms with Gasteiger partial charge in [-0.1, -0.05) is 37.3 Å². The molecule has 0 saturated heterocycles. The van der Waals surface area contributed by atoms with Gasteiger partial charge in [0.25, 0.3) is 11.8 Å². The Labute approximate surface area is 240 Å². The molecule has 5 rings (SSSR count). The summed E-state index contributed by atoms with van der Waals surface area (Å²) in [4.78, 5) is 53.4. The second kappa shape index (κ2) is 10.1. The highest BCUT2D eigenvalue weighted by Crippen LogP contribution is 2.55. The topological polar surface area (TPSA) is 211 Å². The van der Waals surface area contributed by atoms with Gasteiger partial charge in [0.05, 0.1) is 23.6 Å². The predicted octanol–water partition coefficient (Wildman–Crippen LogP) is 0.582. The van der Waals surface area contributed by atoms with Crippen LogP contribution in [0.4, 0.5) is 0 Å². The number of Topliss-reactive ketones (excluding diaryl/α,β-unsaturated/α-hetero) is 2. The monoisotopic (exact) mass is 577 g/mol. The number of phenols is 1. The van der Waals surface area contributed by atoms with Crippen molar-refractivity contribution in [2.24, 2.45) is 17.6 Å². The second-order valence-corrected chi connectivity index (χ2v) is 11.1. The number of hydrogen-bond donors (Lipinski definition) is 7. The van der Waals surface area contributed by atoms with Gasteiger partial charge in [-0.15, -0.1) is 0 Å². The number of amides is 2. The summed E-state index contributed by atoms with van der Waals surface area (Å²) in [6.07, 6.45) is -1.67. The number of likely N-dealkylation sites (N-methyl/N-ethyl adjacent to an activating group) is 1. The van der Waals surface area contributed by atoms with E-state index >= 15 is 0 Å². The van der Waals surface area contributed by atoms with E-state index in [2.05, 4.69) is 5.32 Å². The zero-order valence-corrected chi connectivity index (χ0v) is 23.0. The Morgan fingerprint density at radius 2 is 1.69 bits per heavy atom. The lowest BCUT2D eigenvalue weighted by atomic mass is 9.55. The maximum atomic E-state index is 13.9. The molecule has 0 saturated carbocycles. The first-order valence-electron chi connectivity index (χ1n) is 13.3. The number of carbonyl (C=O) groups is 4. The van der Waals surface area contributed by atoms with Crippen molar-refractivity contribution in [2.75, 3.05) is 14.1 Å². The number of aliphatic hydroxyl groups is 4. The Morgan fingerprint density at radius 3 is 2.29 bits per heavy atom. The maximum Gasteiger partial charge on any atom is 0.255 e. The zero-order chi connectivity index (χ0) is 30.8. The van der Waals surface area contributed by atoms with E-state index in [0.717, 1.165) is 0 Å². The lowest BCUT2D eigenvalue weighted by Gasteiger charge is -2.53. The fourth-order valence-electron chi connectivity index (χ4n) is 6.68. The van der Waals surface area contributed by atoms with Gasteiger partial charge in [-0.25, -0.2) is 0 Å². The number of hydrogen-bond acceptors (Lipinski definition) is 10. The van der Waals surface area contributed by atoms with E-state index in [-0.39, 0.29) is 17.7 Å². The van der Waals surface area contributed by atoms with Gasteiger partial charge in [0.15, 0.2) is 11.4 Å². The third-order valence-corrected chi connectivity index (χ3v) is 8.69. The number of aliphatic hydroxyl groups excluding tert-OH is 3. The number of ketones is 2. The number of nitrogens with two attached hydrogens (primary N) is 1. The molecule has 0 unspecified atom stereocenters. The summed E-state index contributed by atoms with van der Waals surface area (Å²) in [5.74, 6) is -9.97. The van der Waals surface area contributed by atoms with Gasteiger partial charge in [0.2, 0.25) is 5.78 Å². The highest BCUT2D eigenvalue weighted by Gasteiger charge is 2.67. The highest BCUT2D eigenvalue weighted by molar-refractivity contribution is 6.25. The predicted molar refractivity (Wildman–Crippen MR) is 147 cm³/mol. The van der Waals surface area contributed by atoms with E-state index in [1.165, 1.54) is 25.1 Å². The number of nitrogens with one attached hydrogen (secondary N) is 1. The number of aromatic hydroxyl groups is 1. The molecule has 2 amide bonds. The normalized spacial score (nSPS) is 28.8. The van der Waals surface area contributed by atoms with Gasteiger partial charge in [-0.05, 0) is 37.7 Å². The summed E-state index contributed by atoms with van der Waals surface area (Å²) in [6.45, 7) is 1.50. The Balaban J connectivity index is 1.62. The molecular weight excluding hydrogens is 546 g/mol. The molecule has 8 N–H and O–H groups in total. The van der Waals surface area contributed by atoms with Crippen molar-refractivity contribution in [3.8, 4) is 5.75 Å². The van der Waals surface area contributed by atoms with Crippen LogP contribution in [0, 0.1) is 11.8 Å². The third kappa shape index (κ3) is 3.94. The van der Waals surface area contributed by atoms with Crippen LogP contribution in [0.25, 0.3) is 0 Å². The van der Waals surface area contributed by atoms with Crippen LogP contribution >= 0.6 is 0 Å². The van der Waals surface area contributed by atoms with E-state index in [9.17, 15) is 44.7 Å². The van der Waals surface area contributed by atoms with Gasteiger partial charge in [-0.3, -0.25) is 24.1 Å². The van der Waals surface area contributed by atoms with Crippen LogP contribution in [0.15, 0.2) is 65.1 Å². The van der Waals surface area contributed by atoms with Gasteiger partial charge in [0, 0.05) is 29.2 Å². The van der Waals surface area contributed by atoms with Gasteiger partial charge >= 0.3 is 0 Å². The smallest absolute Gasteiger partial charge is 0.255 e. The first-order valence-corrected chi connectivity index (χ1v) is 13.3. The first kappa shape index (κ1) is 29.0. The average molecular weight is 578 g/mol. The number of carbonyl (C=O) groups excluding carboxylic acids is 4. The molecule has 42 heavy (non-hydrogen) atoms. The summed E-state index contributed by atoms with van der Waals surface area (Å²) in [6, 6.07) is 10.1. The number of benzene rings is 2. The molecule has 3 aliphatic rings. The molecule has 220 valence electrons. The lowest BCUT2D eigenvalue weighted by Crippen LogP contribution is -2.68. The fraction of sp³-hybridized carbons (Fsp3) is 0.333. The quantitative estimate of drug-likeness (QED) is 0.246. The molecule has 0 aliphatic heterocycles. The number of nitrogens with zero attached hydrogens (tertiary/aromatic N) is 1. The summed E-state index contributed by atoms with van der Waals surface area (Å²) < 4.78 is 0. The molecule has 2 aromatic carbocycles. The first-order chi connectivity index (χ1) is 19.7. The fourth-order valence-corrected chi connectivity index (χ4v) is 6.68. The molecule has 12 nitrogen and oxygen atoms in total. The molecule has 3 aliphatic carbocycles. The molecule has 0 heterocycles. The summed E-state index contributed by atoms with van der Waals surface area (Å²) in [7, 11) is 2.94. The van der Waals surface area contributed by atoms with E-state index in [4.69, 9.17) is 5.73 Å². The largest absolute Gasteiger partial charge is 0.510 e. The standard InChI is InChI=1S/C30H31N3O9/c1-12-15-10-9-14(11-32-29(41)13-7-5-4-6-8-13)22(34)17(15)23(35)18-16(12)24(36)20-21(33(2)3)25(37)19(28(31)40)27(39)30(20,42)26(18)38/h4-10,12,16,20-21,24,34,36-38,42H,11H2,1-3H3,(H2,31,40)(H,32,41)/t12-,16+,20+,21-,24-,30-/m1/s1. The third-order valence-electron chi connectivity index (χ3n) is 8.69. The lowest BCUT2D eigenvalue weighted by molar-refractivity contribution is -0.162. The van der Waals surface area contributed by atoms with Crippen molar-refractivity contribution in [1.82, 2.24) is 10.2 Å². The van der Waals surface area contributed by atoms with Crippen LogP contribution in [-0.2, 0) is 16.1 Å². The minimum Gasteiger partial charge on any atom is -0.510 e. The molecule has 0 radical (unpaired) electrons. The molecule has 0 spiro atoms. The van der Waals surface area contributed by atoms with Gasteiger partial charge < -0.3 is 36.6 Å². The molecule has 6 atom stereocenters.